The zero-order valence-corrected chi connectivity index (χ0v) is 28.7. The minimum absolute atomic E-state index is 0.0388. The van der Waals surface area contributed by atoms with Crippen molar-refractivity contribution >= 4 is 5.97 Å². The van der Waals surface area contributed by atoms with Gasteiger partial charge in [-0.25, -0.2) is 4.79 Å². The second kappa shape index (κ2) is 13.1. The molecule has 7 rings (SSSR count). The molecular formula is C36H56O12. The lowest BCUT2D eigenvalue weighted by molar-refractivity contribution is -0.345. The van der Waals surface area contributed by atoms with Crippen LogP contribution in [0.3, 0.4) is 0 Å². The van der Waals surface area contributed by atoms with Gasteiger partial charge in [-0.15, -0.1) is 0 Å². The average Bonchev–Trinajstić information content (AvgIpc) is 3.61. The van der Waals surface area contributed by atoms with E-state index >= 15 is 0 Å². The molecule has 12 nitrogen and oxygen atoms in total. The molecule has 272 valence electrons. The van der Waals surface area contributed by atoms with E-state index < -0.39 is 67.5 Å². The number of cyclic esters (lactones) is 1. The smallest absolute Gasteiger partial charge is 0.331 e. The van der Waals surface area contributed by atoms with Crippen molar-refractivity contribution in [3.05, 3.63) is 11.6 Å². The summed E-state index contributed by atoms with van der Waals surface area (Å²) < 4.78 is 35.6. The molecule has 0 amide bonds. The van der Waals surface area contributed by atoms with Crippen molar-refractivity contribution in [1.82, 2.24) is 0 Å². The molecule has 3 heterocycles. The van der Waals surface area contributed by atoms with Crippen LogP contribution in [-0.4, -0.2) is 119 Å². The second-order valence-corrected chi connectivity index (χ2v) is 16.4. The summed E-state index contributed by atoms with van der Waals surface area (Å²) in [6, 6.07) is 0. The quantitative estimate of drug-likeness (QED) is 0.196. The molecule has 2 saturated heterocycles. The Kier molecular flexibility index (Phi) is 9.61. The maximum atomic E-state index is 12.5. The normalized spacial score (nSPS) is 53.8. The summed E-state index contributed by atoms with van der Waals surface area (Å²) in [4.78, 5) is 11.9. The SMILES string of the molecule is CO[C@@H]1C[C@H](O[C@H]2CC[C@@]3(C)[C@@H](CC[C@@H]4[C@H]3CC[C@]3(C)[C@@H](C5=CC(=O)OC5)CC[C@]43O)C2)O[C@H](C)[C@@H]1O[C@@H]1O[C@H](CO)[C@@H](O)[C@H](O)[C@H]1O. The lowest BCUT2D eigenvalue weighted by Gasteiger charge is -2.64. The largest absolute Gasteiger partial charge is 0.458 e. The van der Waals surface area contributed by atoms with Crippen LogP contribution >= 0.6 is 0 Å². The Hall–Kier alpha value is -1.19. The number of rotatable bonds is 7. The molecule has 4 saturated carbocycles. The Labute approximate surface area is 283 Å². The zero-order chi connectivity index (χ0) is 34.2. The molecular weight excluding hydrogens is 624 g/mol. The Morgan fingerprint density at radius 2 is 1.71 bits per heavy atom. The van der Waals surface area contributed by atoms with Crippen molar-refractivity contribution < 1.29 is 58.7 Å². The van der Waals surface area contributed by atoms with Crippen molar-refractivity contribution in [2.24, 2.45) is 34.5 Å². The second-order valence-electron chi connectivity index (χ2n) is 16.4. The van der Waals surface area contributed by atoms with Crippen LogP contribution in [-0.2, 0) is 33.2 Å². The summed E-state index contributed by atoms with van der Waals surface area (Å²) in [5, 5.41) is 52.9. The van der Waals surface area contributed by atoms with Crippen molar-refractivity contribution in [2.75, 3.05) is 20.3 Å². The van der Waals surface area contributed by atoms with Gasteiger partial charge in [-0.05, 0) is 99.4 Å². The van der Waals surface area contributed by atoms with Gasteiger partial charge < -0.3 is 54.0 Å². The summed E-state index contributed by atoms with van der Waals surface area (Å²) in [5.74, 6) is 1.14. The monoisotopic (exact) mass is 680 g/mol. The molecule has 5 N–H and O–H groups in total. The average molecular weight is 681 g/mol. The maximum Gasteiger partial charge on any atom is 0.331 e. The molecule has 0 spiro atoms. The van der Waals surface area contributed by atoms with E-state index in [-0.39, 0.29) is 34.7 Å². The first kappa shape index (κ1) is 35.2. The molecule has 0 unspecified atom stereocenters. The Balaban J connectivity index is 0.971. The third-order valence-corrected chi connectivity index (χ3v) is 14.3. The van der Waals surface area contributed by atoms with Crippen LogP contribution in [0.15, 0.2) is 11.6 Å². The first-order valence-corrected chi connectivity index (χ1v) is 18.2. The van der Waals surface area contributed by atoms with Gasteiger partial charge in [0.1, 0.15) is 37.1 Å². The topological polar surface area (TPSA) is 174 Å². The van der Waals surface area contributed by atoms with Gasteiger partial charge in [-0.2, -0.15) is 0 Å². The molecule has 0 aromatic heterocycles. The van der Waals surface area contributed by atoms with E-state index in [1.165, 1.54) is 0 Å². The number of aliphatic hydroxyl groups is 5. The highest BCUT2D eigenvalue weighted by molar-refractivity contribution is 5.85. The van der Waals surface area contributed by atoms with Crippen molar-refractivity contribution in [1.29, 1.82) is 0 Å². The van der Waals surface area contributed by atoms with E-state index in [0.717, 1.165) is 63.4 Å². The van der Waals surface area contributed by atoms with Crippen LogP contribution in [0, 0.1) is 34.5 Å². The Morgan fingerprint density at radius 3 is 2.42 bits per heavy atom. The van der Waals surface area contributed by atoms with Gasteiger partial charge in [-0.1, -0.05) is 13.8 Å². The number of ether oxygens (including phenoxy) is 6. The van der Waals surface area contributed by atoms with E-state index in [1.54, 1.807) is 13.2 Å². The first-order valence-electron chi connectivity index (χ1n) is 18.2. The number of methoxy groups -OCH3 is 1. The molecule has 7 aliphatic rings. The zero-order valence-electron chi connectivity index (χ0n) is 28.7. The molecule has 0 aromatic rings. The third-order valence-electron chi connectivity index (χ3n) is 14.3. The van der Waals surface area contributed by atoms with Gasteiger partial charge in [0.2, 0.25) is 0 Å². The van der Waals surface area contributed by atoms with Crippen LogP contribution in [0.1, 0.15) is 85.0 Å². The summed E-state index contributed by atoms with van der Waals surface area (Å²) in [7, 11) is 1.58. The van der Waals surface area contributed by atoms with Gasteiger partial charge in [0.05, 0.1) is 30.5 Å². The molecule has 0 radical (unpaired) electrons. The van der Waals surface area contributed by atoms with Crippen LogP contribution in [0.4, 0.5) is 0 Å². The number of fused-ring (bicyclic) bond motifs is 5. The highest BCUT2D eigenvalue weighted by Crippen LogP contribution is 2.70. The Morgan fingerprint density at radius 1 is 0.917 bits per heavy atom. The number of esters is 1. The van der Waals surface area contributed by atoms with Crippen molar-refractivity contribution in [3.8, 4) is 0 Å². The number of carbonyl (C=O) groups excluding carboxylic acids is 1. The minimum Gasteiger partial charge on any atom is -0.458 e. The van der Waals surface area contributed by atoms with Crippen LogP contribution < -0.4 is 0 Å². The summed E-state index contributed by atoms with van der Waals surface area (Å²) in [5.41, 5.74) is 0.221. The molecule has 12 heteroatoms. The van der Waals surface area contributed by atoms with Crippen molar-refractivity contribution in [3.63, 3.8) is 0 Å². The summed E-state index contributed by atoms with van der Waals surface area (Å²) in [6.07, 6.45) is 1.91. The van der Waals surface area contributed by atoms with Crippen molar-refractivity contribution in [2.45, 2.75) is 152 Å². The van der Waals surface area contributed by atoms with Crippen LogP contribution in [0.2, 0.25) is 0 Å². The first-order chi connectivity index (χ1) is 22.8. The van der Waals surface area contributed by atoms with Crippen LogP contribution in [0.25, 0.3) is 0 Å². The fourth-order valence-corrected chi connectivity index (χ4v) is 11.6. The predicted octanol–water partition coefficient (Wildman–Crippen LogP) is 1.96. The molecule has 0 bridgehead atoms. The number of aliphatic hydroxyl groups excluding tert-OH is 4. The molecule has 48 heavy (non-hydrogen) atoms. The summed E-state index contributed by atoms with van der Waals surface area (Å²) in [6.45, 7) is 6.40. The molecule has 17 atom stereocenters. The van der Waals surface area contributed by atoms with Gasteiger partial charge in [-0.3, -0.25) is 0 Å². The fraction of sp³-hybridized carbons (Fsp3) is 0.917. The minimum atomic E-state index is -1.53. The highest BCUT2D eigenvalue weighted by atomic mass is 16.7. The fourth-order valence-electron chi connectivity index (χ4n) is 11.6. The molecule has 0 aromatic carbocycles. The van der Waals surface area contributed by atoms with E-state index in [4.69, 9.17) is 28.4 Å². The van der Waals surface area contributed by atoms with Gasteiger partial charge in [0.15, 0.2) is 12.6 Å². The number of carbonyl (C=O) groups is 1. The summed E-state index contributed by atoms with van der Waals surface area (Å²) >= 11 is 0. The molecule has 3 aliphatic heterocycles. The van der Waals surface area contributed by atoms with E-state index in [2.05, 4.69) is 13.8 Å². The lowest BCUT2D eigenvalue weighted by atomic mass is 9.43. The van der Waals surface area contributed by atoms with Crippen LogP contribution in [0.5, 0.6) is 0 Å². The van der Waals surface area contributed by atoms with Gasteiger partial charge in [0, 0.05) is 25.0 Å². The van der Waals surface area contributed by atoms with Gasteiger partial charge in [0.25, 0.3) is 0 Å². The molecule has 4 aliphatic carbocycles. The maximum absolute atomic E-state index is 12.5. The number of hydrogen-bond acceptors (Lipinski definition) is 12. The third kappa shape index (κ3) is 5.61. The lowest BCUT2D eigenvalue weighted by Crippen LogP contribution is -2.62. The van der Waals surface area contributed by atoms with Gasteiger partial charge >= 0.3 is 5.97 Å². The highest BCUT2D eigenvalue weighted by Gasteiger charge is 2.67. The predicted molar refractivity (Wildman–Crippen MR) is 169 cm³/mol. The number of hydrogen-bond donors (Lipinski definition) is 5. The molecule has 6 fully saturated rings. The Bertz CT molecular complexity index is 1230. The standard InChI is InChI=1S/C36H56O12/c1-18-32(48-33-31(41)30(40)29(39)26(16-37)47-33)25(43-4)15-28(45-18)46-21-7-10-34(2)20(14-21)5-6-24-23(34)8-11-35(3)22(9-12-36(24,35)42)19-13-27(38)44-17-19/h13,18,20-26,28-33,37,39-42H,5-12,14-17H2,1-4H3/t18-,20+,21+,22-,23-,24-,25-,26-,28+,29-,30+,31-,32+,33+,34+,35-,36+/m1/s1. The van der Waals surface area contributed by atoms with E-state index in [0.29, 0.717) is 24.9 Å². The van der Waals surface area contributed by atoms with E-state index in [9.17, 15) is 30.3 Å². The van der Waals surface area contributed by atoms with E-state index in [1.807, 2.05) is 6.92 Å².